The maximum absolute atomic E-state index is 13.0. The lowest BCUT2D eigenvalue weighted by atomic mass is 10.0. The topological polar surface area (TPSA) is 105 Å². The number of nitrogens with zero attached hydrogens (tertiary/aromatic N) is 1. The molecular weight excluding hydrogens is 924 g/mol. The Kier molecular flexibility index (Phi) is 55.4. The Morgan fingerprint density at radius 3 is 1.01 bits per heavy atom. The molecule has 0 bridgehead atoms. The third-order valence-electron chi connectivity index (χ3n) is 15.3. The number of aliphatic hydroxyl groups excluding tert-OH is 1. The summed E-state index contributed by atoms with van der Waals surface area (Å²) >= 11 is 0. The number of likely N-dealkylation sites (N-methyl/N-ethyl adjacent to an activating group) is 1. The average molecular weight is 1050 g/mol. The van der Waals surface area contributed by atoms with Crippen LogP contribution in [0.15, 0.2) is 12.2 Å². The molecule has 0 fully saturated rings. The second-order valence-corrected chi connectivity index (χ2v) is 25.3. The first-order valence-corrected chi connectivity index (χ1v) is 34.1. The lowest BCUT2D eigenvalue weighted by molar-refractivity contribution is -0.870. The van der Waals surface area contributed by atoms with Crippen molar-refractivity contribution in [3.63, 3.8) is 0 Å². The second kappa shape index (κ2) is 56.0. The molecule has 0 spiro atoms. The summed E-state index contributed by atoms with van der Waals surface area (Å²) < 4.78 is 23.7. The largest absolute Gasteiger partial charge is 0.472 e. The molecule has 9 heteroatoms. The highest BCUT2D eigenvalue weighted by Gasteiger charge is 2.28. The van der Waals surface area contributed by atoms with Crippen LogP contribution < -0.4 is 5.32 Å². The average Bonchev–Trinajstić information content (AvgIpc) is 3.35. The molecule has 0 aromatic carbocycles. The van der Waals surface area contributed by atoms with Gasteiger partial charge < -0.3 is 19.8 Å². The number of rotatable bonds is 61. The van der Waals surface area contributed by atoms with Crippen LogP contribution in [0, 0.1) is 0 Å². The quantitative estimate of drug-likeness (QED) is 0.0243. The highest BCUT2D eigenvalue weighted by atomic mass is 31.2. The summed E-state index contributed by atoms with van der Waals surface area (Å²) in [5.41, 5.74) is 0. The molecule has 3 N–H and O–H groups in total. The SMILES string of the molecule is CCCCCCCCCCCCCCCC/C=C/[C@@H](O)[C@H](COP(=O)(O)OCC[N+](C)(C)C)NC(=O)CCCCCCCCCCCCCCCCCCCCCCCCCCCCCCCCCCCCC. The molecule has 0 rings (SSSR count). The Morgan fingerprint density at radius 1 is 0.452 bits per heavy atom. The van der Waals surface area contributed by atoms with Gasteiger partial charge >= 0.3 is 7.82 Å². The van der Waals surface area contributed by atoms with Gasteiger partial charge in [0.15, 0.2) is 0 Å². The number of hydrogen-bond donors (Lipinski definition) is 3. The van der Waals surface area contributed by atoms with E-state index in [1.54, 1.807) is 6.08 Å². The van der Waals surface area contributed by atoms with Crippen molar-refractivity contribution in [3.05, 3.63) is 12.2 Å². The molecule has 0 heterocycles. The van der Waals surface area contributed by atoms with E-state index in [1.807, 2.05) is 27.2 Å². The fourth-order valence-electron chi connectivity index (χ4n) is 10.2. The number of allylic oxidation sites excluding steroid dienone is 1. The van der Waals surface area contributed by atoms with Gasteiger partial charge in [0.1, 0.15) is 13.2 Å². The van der Waals surface area contributed by atoms with Crippen LogP contribution in [-0.4, -0.2) is 73.4 Å². The lowest BCUT2D eigenvalue weighted by Gasteiger charge is -2.25. The standard InChI is InChI=1S/C64H129N2O6P/c1-6-8-10-12-14-16-18-20-22-24-25-26-27-28-29-30-31-32-33-34-35-36-37-38-39-40-41-42-44-46-48-50-52-54-56-58-64(68)65-62(61-72-73(69,70)71-60-59-66(3,4)5)63(67)57-55-53-51-49-47-45-43-23-21-19-17-15-13-11-9-7-2/h55,57,62-63,67H,6-54,56,58-61H2,1-5H3,(H-,65,68,69,70)/p+1/b57-55+/t62-,63+/m0/s1. The molecule has 0 aromatic rings. The summed E-state index contributed by atoms with van der Waals surface area (Å²) in [5, 5.41) is 14.0. The molecule has 436 valence electrons. The van der Waals surface area contributed by atoms with Crippen molar-refractivity contribution in [1.82, 2.24) is 5.32 Å². The van der Waals surface area contributed by atoms with Crippen molar-refractivity contribution in [2.75, 3.05) is 40.9 Å². The number of phosphoric ester groups is 1. The molecule has 73 heavy (non-hydrogen) atoms. The van der Waals surface area contributed by atoms with Crippen molar-refractivity contribution in [1.29, 1.82) is 0 Å². The predicted molar refractivity (Wildman–Crippen MR) is 319 cm³/mol. The van der Waals surface area contributed by atoms with E-state index in [1.165, 1.54) is 289 Å². The first kappa shape index (κ1) is 72.2. The number of unbranched alkanes of at least 4 members (excludes halogenated alkanes) is 48. The molecule has 0 aromatic heterocycles. The van der Waals surface area contributed by atoms with Crippen LogP contribution in [0.3, 0.4) is 0 Å². The minimum Gasteiger partial charge on any atom is -0.387 e. The lowest BCUT2D eigenvalue weighted by Crippen LogP contribution is -2.45. The van der Waals surface area contributed by atoms with Crippen molar-refractivity contribution < 1.29 is 32.9 Å². The molecule has 3 atom stereocenters. The minimum atomic E-state index is -4.34. The number of hydrogen-bond acceptors (Lipinski definition) is 5. The number of phosphoric acid groups is 1. The van der Waals surface area contributed by atoms with Gasteiger partial charge in [-0.1, -0.05) is 328 Å². The maximum Gasteiger partial charge on any atom is 0.472 e. The van der Waals surface area contributed by atoms with Crippen LogP contribution in [0.25, 0.3) is 0 Å². The van der Waals surface area contributed by atoms with Crippen molar-refractivity contribution >= 4 is 13.7 Å². The summed E-state index contributed by atoms with van der Waals surface area (Å²) in [6, 6.07) is -0.842. The van der Waals surface area contributed by atoms with E-state index in [2.05, 4.69) is 19.2 Å². The number of carbonyl (C=O) groups is 1. The molecule has 0 aliphatic carbocycles. The highest BCUT2D eigenvalue weighted by Crippen LogP contribution is 2.43. The van der Waals surface area contributed by atoms with Gasteiger partial charge in [0.2, 0.25) is 5.91 Å². The number of aliphatic hydroxyl groups is 1. The first-order valence-electron chi connectivity index (χ1n) is 32.6. The molecule has 0 aliphatic rings. The van der Waals surface area contributed by atoms with E-state index >= 15 is 0 Å². The Bertz CT molecular complexity index is 1200. The van der Waals surface area contributed by atoms with Gasteiger partial charge in [-0.2, -0.15) is 0 Å². The van der Waals surface area contributed by atoms with Gasteiger partial charge in [-0.05, 0) is 19.3 Å². The van der Waals surface area contributed by atoms with E-state index in [4.69, 9.17) is 9.05 Å². The van der Waals surface area contributed by atoms with Crippen molar-refractivity contribution in [2.45, 2.75) is 353 Å². The predicted octanol–water partition coefficient (Wildman–Crippen LogP) is 20.2. The molecule has 0 saturated heterocycles. The molecular formula is C64H130N2O6P+. The third-order valence-corrected chi connectivity index (χ3v) is 16.2. The van der Waals surface area contributed by atoms with Gasteiger partial charge in [-0.3, -0.25) is 13.8 Å². The van der Waals surface area contributed by atoms with Crippen LogP contribution in [0.4, 0.5) is 0 Å². The molecule has 0 saturated carbocycles. The van der Waals surface area contributed by atoms with Crippen LogP contribution in [0.5, 0.6) is 0 Å². The van der Waals surface area contributed by atoms with Gasteiger partial charge in [-0.15, -0.1) is 0 Å². The van der Waals surface area contributed by atoms with Gasteiger partial charge in [0.05, 0.1) is 39.9 Å². The molecule has 1 amide bonds. The van der Waals surface area contributed by atoms with Crippen molar-refractivity contribution in [2.24, 2.45) is 0 Å². The molecule has 0 radical (unpaired) electrons. The van der Waals surface area contributed by atoms with E-state index in [9.17, 15) is 19.4 Å². The first-order chi connectivity index (χ1) is 35.5. The van der Waals surface area contributed by atoms with E-state index in [0.29, 0.717) is 17.4 Å². The highest BCUT2D eigenvalue weighted by molar-refractivity contribution is 7.47. The summed E-state index contributed by atoms with van der Waals surface area (Å²) in [5.74, 6) is -0.169. The Hall–Kier alpha value is -0.760. The van der Waals surface area contributed by atoms with Crippen LogP contribution in [0.1, 0.15) is 341 Å². The van der Waals surface area contributed by atoms with Crippen LogP contribution in [-0.2, 0) is 18.4 Å². The van der Waals surface area contributed by atoms with E-state index < -0.39 is 20.0 Å². The fraction of sp³-hybridized carbons (Fsp3) is 0.953. The second-order valence-electron chi connectivity index (χ2n) is 23.9. The zero-order chi connectivity index (χ0) is 53.5. The minimum absolute atomic E-state index is 0.0652. The fourth-order valence-corrected chi connectivity index (χ4v) is 10.9. The summed E-state index contributed by atoms with van der Waals surface area (Å²) in [4.78, 5) is 23.3. The normalized spacial score (nSPS) is 13.8. The third kappa shape index (κ3) is 58.8. The van der Waals surface area contributed by atoms with Crippen LogP contribution >= 0.6 is 7.82 Å². The zero-order valence-electron chi connectivity index (χ0n) is 49.9. The van der Waals surface area contributed by atoms with E-state index in [0.717, 1.165) is 32.1 Å². The van der Waals surface area contributed by atoms with E-state index in [-0.39, 0.29) is 19.1 Å². The van der Waals surface area contributed by atoms with Gasteiger partial charge in [-0.25, -0.2) is 4.57 Å². The number of quaternary nitrogens is 1. The summed E-state index contributed by atoms with van der Waals surface area (Å²) in [6.07, 6.45) is 70.7. The number of amides is 1. The number of nitrogens with one attached hydrogen (secondary N) is 1. The smallest absolute Gasteiger partial charge is 0.387 e. The summed E-state index contributed by atoms with van der Waals surface area (Å²) in [6.45, 7) is 4.87. The Labute approximate surface area is 456 Å². The number of carbonyl (C=O) groups excluding carboxylic acids is 1. The Morgan fingerprint density at radius 2 is 0.726 bits per heavy atom. The molecule has 8 nitrogen and oxygen atoms in total. The van der Waals surface area contributed by atoms with Crippen molar-refractivity contribution in [3.8, 4) is 0 Å². The molecule has 1 unspecified atom stereocenters. The maximum atomic E-state index is 13.0. The van der Waals surface area contributed by atoms with Gasteiger partial charge in [0.25, 0.3) is 0 Å². The van der Waals surface area contributed by atoms with Crippen LogP contribution in [0.2, 0.25) is 0 Å². The molecule has 0 aliphatic heterocycles. The summed E-state index contributed by atoms with van der Waals surface area (Å²) in [7, 11) is 1.59. The van der Waals surface area contributed by atoms with Gasteiger partial charge in [0, 0.05) is 6.42 Å². The zero-order valence-corrected chi connectivity index (χ0v) is 50.8. The Balaban J connectivity index is 3.93. The monoisotopic (exact) mass is 1050 g/mol.